The van der Waals surface area contributed by atoms with Gasteiger partial charge in [-0.25, -0.2) is 8.42 Å². The van der Waals surface area contributed by atoms with Crippen LogP contribution in [0.15, 0.2) is 22.4 Å². The van der Waals surface area contributed by atoms with Gasteiger partial charge in [0.05, 0.1) is 17.3 Å². The van der Waals surface area contributed by atoms with Crippen LogP contribution >= 0.6 is 22.9 Å². The third-order valence-corrected chi connectivity index (χ3v) is 6.75. The molecule has 0 amide bonds. The molecule has 2 heterocycles. The van der Waals surface area contributed by atoms with Crippen molar-refractivity contribution in [3.8, 4) is 0 Å². The van der Waals surface area contributed by atoms with Crippen molar-refractivity contribution in [1.29, 1.82) is 0 Å². The van der Waals surface area contributed by atoms with Crippen molar-refractivity contribution in [3.63, 3.8) is 0 Å². The van der Waals surface area contributed by atoms with Crippen molar-refractivity contribution in [3.05, 3.63) is 33.8 Å². The summed E-state index contributed by atoms with van der Waals surface area (Å²) < 4.78 is 26.9. The van der Waals surface area contributed by atoms with Crippen molar-refractivity contribution < 1.29 is 8.42 Å². The van der Waals surface area contributed by atoms with Crippen molar-refractivity contribution in [2.45, 2.75) is 37.1 Å². The van der Waals surface area contributed by atoms with Crippen molar-refractivity contribution >= 4 is 33.0 Å². The number of halogens is 1. The van der Waals surface area contributed by atoms with E-state index in [0.717, 1.165) is 4.88 Å². The number of aromatic amines is 1. The summed E-state index contributed by atoms with van der Waals surface area (Å²) in [5.41, 5.74) is 0.880. The van der Waals surface area contributed by atoms with Gasteiger partial charge in [-0.15, -0.1) is 22.9 Å². The molecule has 2 aromatic heterocycles. The number of likely N-dealkylation sites (N-methyl/N-ethyl adjacent to an activating group) is 1. The molecule has 1 atom stereocenters. The highest BCUT2D eigenvalue weighted by atomic mass is 35.5. The van der Waals surface area contributed by atoms with Gasteiger partial charge in [0.2, 0.25) is 10.0 Å². The molecule has 0 aliphatic rings. The molecule has 2 rings (SSSR count). The van der Waals surface area contributed by atoms with Crippen LogP contribution < -0.4 is 0 Å². The highest BCUT2D eigenvalue weighted by molar-refractivity contribution is 7.89. The normalized spacial score (nSPS) is 13.8. The molecule has 0 fully saturated rings. The number of aromatic nitrogens is 2. The lowest BCUT2D eigenvalue weighted by Crippen LogP contribution is -2.36. The minimum absolute atomic E-state index is 0.0616. The van der Waals surface area contributed by atoms with Gasteiger partial charge < -0.3 is 0 Å². The standard InChI is InChI=1S/C13H18ClN3O2S2/c1-9(7-11-5-4-6-20-11)17(3)21(18,19)13-10(2)15-16-12(13)8-14/h4-6,9H,7-8H2,1-3H3,(H,15,16). The van der Waals surface area contributed by atoms with E-state index >= 15 is 0 Å². The number of alkyl halides is 1. The zero-order chi connectivity index (χ0) is 15.6. The summed E-state index contributed by atoms with van der Waals surface area (Å²) in [4.78, 5) is 1.35. The first-order chi connectivity index (χ1) is 9.87. The first-order valence-corrected chi connectivity index (χ1v) is 9.33. The van der Waals surface area contributed by atoms with Crippen molar-refractivity contribution in [2.24, 2.45) is 0 Å². The molecule has 0 aromatic carbocycles. The van der Waals surface area contributed by atoms with Crippen LogP contribution in [-0.4, -0.2) is 36.0 Å². The lowest BCUT2D eigenvalue weighted by molar-refractivity contribution is 0.388. The van der Waals surface area contributed by atoms with Gasteiger partial charge >= 0.3 is 0 Å². The number of aryl methyl sites for hydroxylation is 1. The first kappa shape index (κ1) is 16.5. The van der Waals surface area contributed by atoms with Gasteiger partial charge in [0.1, 0.15) is 4.90 Å². The predicted octanol–water partition coefficient (Wildman–Crippen LogP) is 2.77. The molecule has 0 spiro atoms. The first-order valence-electron chi connectivity index (χ1n) is 6.48. The minimum Gasteiger partial charge on any atom is -0.281 e. The largest absolute Gasteiger partial charge is 0.281 e. The molecule has 0 bridgehead atoms. The number of hydrogen-bond acceptors (Lipinski definition) is 4. The quantitative estimate of drug-likeness (QED) is 0.817. The molecule has 0 radical (unpaired) electrons. The highest BCUT2D eigenvalue weighted by Crippen LogP contribution is 2.25. The summed E-state index contributed by atoms with van der Waals surface area (Å²) in [7, 11) is -2.02. The van der Waals surface area contributed by atoms with Gasteiger partial charge in [0.25, 0.3) is 0 Å². The maximum absolute atomic E-state index is 12.8. The Balaban J connectivity index is 2.28. The molecule has 0 aliphatic carbocycles. The third-order valence-electron chi connectivity index (χ3n) is 3.42. The van der Waals surface area contributed by atoms with Gasteiger partial charge in [0, 0.05) is 18.0 Å². The number of nitrogens with zero attached hydrogens (tertiary/aromatic N) is 2. The fraction of sp³-hybridized carbons (Fsp3) is 0.462. The molecular formula is C13H18ClN3O2S2. The summed E-state index contributed by atoms with van der Waals surface area (Å²) in [6, 6.07) is 3.83. The molecular weight excluding hydrogens is 330 g/mol. The molecule has 1 unspecified atom stereocenters. The van der Waals surface area contributed by atoms with E-state index in [1.54, 1.807) is 25.3 Å². The molecule has 0 saturated heterocycles. The lowest BCUT2D eigenvalue weighted by Gasteiger charge is -2.24. The summed E-state index contributed by atoms with van der Waals surface area (Å²) in [6.45, 7) is 3.58. The number of hydrogen-bond donors (Lipinski definition) is 1. The molecule has 8 heteroatoms. The Kier molecular flexibility index (Phi) is 5.08. The van der Waals surface area contributed by atoms with Gasteiger partial charge in [-0.3, -0.25) is 5.10 Å². The molecule has 116 valence electrons. The molecule has 1 N–H and O–H groups in total. The smallest absolute Gasteiger partial charge is 0.246 e. The Morgan fingerprint density at radius 3 is 2.81 bits per heavy atom. The molecule has 0 saturated carbocycles. The number of thiophene rings is 1. The van der Waals surface area contributed by atoms with Crippen LogP contribution in [-0.2, 0) is 22.3 Å². The monoisotopic (exact) mass is 347 g/mol. The predicted molar refractivity (Wildman–Crippen MR) is 85.3 cm³/mol. The van der Waals surface area contributed by atoms with Crippen LogP contribution in [0.5, 0.6) is 0 Å². The fourth-order valence-electron chi connectivity index (χ4n) is 2.13. The summed E-state index contributed by atoms with van der Waals surface area (Å²) in [5, 5.41) is 8.64. The Labute approximate surface area is 134 Å². The van der Waals surface area contributed by atoms with E-state index in [1.165, 1.54) is 4.31 Å². The number of sulfonamides is 1. The maximum atomic E-state index is 12.8. The zero-order valence-electron chi connectivity index (χ0n) is 12.1. The summed E-state index contributed by atoms with van der Waals surface area (Å²) in [5.74, 6) is 0.0616. The van der Waals surface area contributed by atoms with Gasteiger partial charge in [-0.05, 0) is 31.7 Å². The average Bonchev–Trinajstić information content (AvgIpc) is 3.06. The van der Waals surface area contributed by atoms with Crippen molar-refractivity contribution in [1.82, 2.24) is 14.5 Å². The summed E-state index contributed by atoms with van der Waals surface area (Å²) >= 11 is 7.41. The lowest BCUT2D eigenvalue weighted by atomic mass is 10.2. The van der Waals surface area contributed by atoms with E-state index in [4.69, 9.17) is 11.6 Å². The average molecular weight is 348 g/mol. The van der Waals surface area contributed by atoms with E-state index in [9.17, 15) is 8.42 Å². The van der Waals surface area contributed by atoms with E-state index in [0.29, 0.717) is 17.8 Å². The maximum Gasteiger partial charge on any atom is 0.246 e. The Morgan fingerprint density at radius 2 is 2.24 bits per heavy atom. The number of H-pyrrole nitrogens is 1. The SMILES string of the molecule is Cc1[nH]nc(CCl)c1S(=O)(=O)N(C)C(C)Cc1cccs1. The van der Waals surface area contributed by atoms with Crippen LogP contribution in [0, 0.1) is 6.92 Å². The van der Waals surface area contributed by atoms with Gasteiger partial charge in [-0.1, -0.05) is 6.07 Å². The van der Waals surface area contributed by atoms with E-state index in [2.05, 4.69) is 10.2 Å². The number of rotatable bonds is 6. The molecule has 5 nitrogen and oxygen atoms in total. The van der Waals surface area contributed by atoms with E-state index < -0.39 is 10.0 Å². The Bertz CT molecular complexity index is 695. The summed E-state index contributed by atoms with van der Waals surface area (Å²) in [6.07, 6.45) is 0.681. The van der Waals surface area contributed by atoms with Gasteiger partial charge in [-0.2, -0.15) is 9.40 Å². The second-order valence-corrected chi connectivity index (χ2v) is 8.15. The Morgan fingerprint density at radius 1 is 1.52 bits per heavy atom. The van der Waals surface area contributed by atoms with Crippen LogP contribution in [0.2, 0.25) is 0 Å². The second kappa shape index (κ2) is 6.48. The minimum atomic E-state index is -3.61. The highest BCUT2D eigenvalue weighted by Gasteiger charge is 2.31. The molecule has 0 aliphatic heterocycles. The Hall–Kier alpha value is -0.890. The van der Waals surface area contributed by atoms with Crippen molar-refractivity contribution in [2.75, 3.05) is 7.05 Å². The molecule has 21 heavy (non-hydrogen) atoms. The zero-order valence-corrected chi connectivity index (χ0v) is 14.5. The fourth-order valence-corrected chi connectivity index (χ4v) is 4.92. The third kappa shape index (κ3) is 3.31. The van der Waals surface area contributed by atoms with E-state index in [-0.39, 0.29) is 16.8 Å². The van der Waals surface area contributed by atoms with Crippen LogP contribution in [0.1, 0.15) is 23.2 Å². The van der Waals surface area contributed by atoms with Gasteiger partial charge in [0.15, 0.2) is 0 Å². The molecule has 2 aromatic rings. The van der Waals surface area contributed by atoms with Crippen LogP contribution in [0.4, 0.5) is 0 Å². The second-order valence-electron chi connectivity index (χ2n) is 4.91. The number of nitrogens with one attached hydrogen (secondary N) is 1. The van der Waals surface area contributed by atoms with E-state index in [1.807, 2.05) is 24.4 Å². The van der Waals surface area contributed by atoms with Crippen LogP contribution in [0.25, 0.3) is 0 Å². The topological polar surface area (TPSA) is 66.1 Å². The van der Waals surface area contributed by atoms with Crippen LogP contribution in [0.3, 0.4) is 0 Å².